The Morgan fingerprint density at radius 3 is 2.52 bits per heavy atom. The van der Waals surface area contributed by atoms with E-state index in [-0.39, 0.29) is 40.8 Å². The average Bonchev–Trinajstić information content (AvgIpc) is 3.49. The molecule has 4 rings (SSSR count). The molecule has 29 heavy (non-hydrogen) atoms. The van der Waals surface area contributed by atoms with E-state index in [1.54, 1.807) is 42.5 Å². The van der Waals surface area contributed by atoms with Crippen molar-refractivity contribution >= 4 is 33.0 Å². The van der Waals surface area contributed by atoms with Gasteiger partial charge in [-0.3, -0.25) is 9.59 Å². The number of rotatable bonds is 6. The van der Waals surface area contributed by atoms with Crippen molar-refractivity contribution in [2.75, 3.05) is 16.0 Å². The van der Waals surface area contributed by atoms with Gasteiger partial charge in [-0.2, -0.15) is 0 Å². The molecule has 0 radical (unpaired) electrons. The molecule has 2 aromatic rings. The van der Waals surface area contributed by atoms with Crippen LogP contribution in [0.15, 0.2) is 53.4 Å². The number of nitrogens with zero attached hydrogens (tertiary/aromatic N) is 1. The highest BCUT2D eigenvalue weighted by molar-refractivity contribution is 7.91. The number of para-hydroxylation sites is 1. The topological polar surface area (TPSA) is 83.6 Å². The minimum absolute atomic E-state index is 0.0349. The third kappa shape index (κ3) is 4.19. The van der Waals surface area contributed by atoms with Crippen LogP contribution in [0.25, 0.3) is 0 Å². The Kier molecular flexibility index (Phi) is 5.17. The van der Waals surface area contributed by atoms with E-state index in [4.69, 9.17) is 0 Å². The van der Waals surface area contributed by atoms with Crippen molar-refractivity contribution in [3.05, 3.63) is 54.1 Å². The normalized spacial score (nSPS) is 18.4. The van der Waals surface area contributed by atoms with E-state index >= 15 is 0 Å². The van der Waals surface area contributed by atoms with Crippen LogP contribution in [0.1, 0.15) is 31.7 Å². The standard InChI is InChI=1S/C22H24N2O4S/c1-15-13-17-14-19(9-10-20(17)24(15)22(26)16-7-8-16)29(27,28)12-11-21(25)23-18-5-3-2-4-6-18/h2-6,9-10,14-16H,7-8,11-13H2,1H3,(H,23,25). The van der Waals surface area contributed by atoms with E-state index < -0.39 is 9.84 Å². The first kappa shape index (κ1) is 19.6. The minimum Gasteiger partial charge on any atom is -0.326 e. The van der Waals surface area contributed by atoms with Gasteiger partial charge in [0.2, 0.25) is 11.8 Å². The van der Waals surface area contributed by atoms with E-state index in [9.17, 15) is 18.0 Å². The summed E-state index contributed by atoms with van der Waals surface area (Å²) in [7, 11) is -3.59. The molecule has 0 bridgehead atoms. The highest BCUT2D eigenvalue weighted by Gasteiger charge is 2.39. The molecule has 1 saturated carbocycles. The quantitative estimate of drug-likeness (QED) is 0.790. The number of benzene rings is 2. The number of hydrogen-bond donors (Lipinski definition) is 1. The smallest absolute Gasteiger partial charge is 0.230 e. The summed E-state index contributed by atoms with van der Waals surface area (Å²) in [5.74, 6) is -0.333. The zero-order chi connectivity index (χ0) is 20.6. The molecule has 2 amide bonds. The molecule has 152 valence electrons. The molecule has 6 nitrogen and oxygen atoms in total. The van der Waals surface area contributed by atoms with E-state index in [1.165, 1.54) is 0 Å². The predicted octanol–water partition coefficient (Wildman–Crippen LogP) is 3.18. The van der Waals surface area contributed by atoms with Crippen molar-refractivity contribution in [2.24, 2.45) is 5.92 Å². The Labute approximate surface area is 170 Å². The number of carbonyl (C=O) groups excluding carboxylic acids is 2. The van der Waals surface area contributed by atoms with Gasteiger partial charge in [0.05, 0.1) is 10.6 Å². The van der Waals surface area contributed by atoms with E-state index in [0.717, 1.165) is 24.1 Å². The van der Waals surface area contributed by atoms with Gasteiger partial charge in [0.15, 0.2) is 9.84 Å². The molecule has 7 heteroatoms. The second kappa shape index (κ2) is 7.63. The Hall–Kier alpha value is -2.67. The van der Waals surface area contributed by atoms with Crippen LogP contribution in [0.2, 0.25) is 0 Å². The molecular formula is C22H24N2O4S. The van der Waals surface area contributed by atoms with Crippen molar-refractivity contribution in [3.8, 4) is 0 Å². The highest BCUT2D eigenvalue weighted by atomic mass is 32.2. The summed E-state index contributed by atoms with van der Waals surface area (Å²) in [6.45, 7) is 1.99. The lowest BCUT2D eigenvalue weighted by Crippen LogP contribution is -2.36. The second-order valence-corrected chi connectivity index (χ2v) is 9.92. The molecule has 0 spiro atoms. The number of sulfone groups is 1. The summed E-state index contributed by atoms with van der Waals surface area (Å²) in [5, 5.41) is 2.70. The monoisotopic (exact) mass is 412 g/mol. The van der Waals surface area contributed by atoms with Gasteiger partial charge in [0.1, 0.15) is 0 Å². The van der Waals surface area contributed by atoms with E-state index in [1.807, 2.05) is 17.9 Å². The van der Waals surface area contributed by atoms with Gasteiger partial charge in [-0.1, -0.05) is 18.2 Å². The van der Waals surface area contributed by atoms with Crippen LogP contribution < -0.4 is 10.2 Å². The highest BCUT2D eigenvalue weighted by Crippen LogP contribution is 2.39. The van der Waals surface area contributed by atoms with Crippen molar-refractivity contribution in [1.82, 2.24) is 0 Å². The van der Waals surface area contributed by atoms with Crippen molar-refractivity contribution in [2.45, 2.75) is 43.5 Å². The Balaban J connectivity index is 1.45. The van der Waals surface area contributed by atoms with Crippen LogP contribution in [0.5, 0.6) is 0 Å². The van der Waals surface area contributed by atoms with Gasteiger partial charge in [0.25, 0.3) is 0 Å². The fourth-order valence-electron chi connectivity index (χ4n) is 3.75. The van der Waals surface area contributed by atoms with Gasteiger partial charge in [-0.25, -0.2) is 8.42 Å². The van der Waals surface area contributed by atoms with Crippen LogP contribution in [0.3, 0.4) is 0 Å². The summed E-state index contributed by atoms with van der Waals surface area (Å²) in [6.07, 6.45) is 2.41. The molecule has 0 aromatic heterocycles. The molecular weight excluding hydrogens is 388 g/mol. The number of carbonyl (C=O) groups is 2. The molecule has 1 N–H and O–H groups in total. The molecule has 2 aromatic carbocycles. The van der Waals surface area contributed by atoms with Gasteiger partial charge < -0.3 is 10.2 Å². The molecule has 0 saturated heterocycles. The van der Waals surface area contributed by atoms with Gasteiger partial charge >= 0.3 is 0 Å². The molecule has 2 aliphatic rings. The lowest BCUT2D eigenvalue weighted by Gasteiger charge is -2.22. The van der Waals surface area contributed by atoms with Crippen LogP contribution in [0.4, 0.5) is 11.4 Å². The predicted molar refractivity (Wildman–Crippen MR) is 112 cm³/mol. The zero-order valence-corrected chi connectivity index (χ0v) is 17.1. The van der Waals surface area contributed by atoms with Crippen LogP contribution in [-0.2, 0) is 25.8 Å². The number of fused-ring (bicyclic) bond motifs is 1. The van der Waals surface area contributed by atoms with Gasteiger partial charge in [-0.15, -0.1) is 0 Å². The maximum absolute atomic E-state index is 12.7. The third-order valence-corrected chi connectivity index (χ3v) is 7.16. The van der Waals surface area contributed by atoms with Crippen LogP contribution in [0, 0.1) is 5.92 Å². The first-order chi connectivity index (χ1) is 13.8. The Morgan fingerprint density at radius 2 is 1.83 bits per heavy atom. The number of amides is 2. The maximum Gasteiger partial charge on any atom is 0.230 e. The lowest BCUT2D eigenvalue weighted by atomic mass is 10.1. The number of hydrogen-bond acceptors (Lipinski definition) is 4. The summed E-state index contributed by atoms with van der Waals surface area (Å²) < 4.78 is 25.5. The largest absolute Gasteiger partial charge is 0.326 e. The van der Waals surface area contributed by atoms with Gasteiger partial charge in [-0.05, 0) is 62.1 Å². The first-order valence-corrected chi connectivity index (χ1v) is 11.5. The SMILES string of the molecule is CC1Cc2cc(S(=O)(=O)CCC(=O)Nc3ccccc3)ccc2N1C(=O)C1CC1. The third-order valence-electron chi connectivity index (χ3n) is 5.45. The van der Waals surface area contributed by atoms with E-state index in [0.29, 0.717) is 12.1 Å². The number of anilines is 2. The van der Waals surface area contributed by atoms with Crippen molar-refractivity contribution in [1.29, 1.82) is 0 Å². The van der Waals surface area contributed by atoms with Gasteiger partial charge in [0, 0.05) is 29.8 Å². The Bertz CT molecular complexity index is 1050. The fourth-order valence-corrected chi connectivity index (χ4v) is 5.04. The van der Waals surface area contributed by atoms with Crippen LogP contribution >= 0.6 is 0 Å². The molecule has 1 heterocycles. The maximum atomic E-state index is 12.7. The lowest BCUT2D eigenvalue weighted by molar-refractivity contribution is -0.120. The Morgan fingerprint density at radius 1 is 1.10 bits per heavy atom. The molecule has 1 aliphatic carbocycles. The molecule has 1 aliphatic heterocycles. The van der Waals surface area contributed by atoms with E-state index in [2.05, 4.69) is 5.32 Å². The first-order valence-electron chi connectivity index (χ1n) is 9.89. The molecule has 1 atom stereocenters. The van der Waals surface area contributed by atoms with Crippen molar-refractivity contribution < 1.29 is 18.0 Å². The number of nitrogens with one attached hydrogen (secondary N) is 1. The average molecular weight is 413 g/mol. The summed E-state index contributed by atoms with van der Waals surface area (Å²) in [6, 6.07) is 13.9. The fraction of sp³-hybridized carbons (Fsp3) is 0.364. The van der Waals surface area contributed by atoms with Crippen LogP contribution in [-0.4, -0.2) is 32.0 Å². The molecule has 1 unspecified atom stereocenters. The van der Waals surface area contributed by atoms with Crippen molar-refractivity contribution in [3.63, 3.8) is 0 Å². The summed E-state index contributed by atoms with van der Waals surface area (Å²) in [5.41, 5.74) is 2.33. The summed E-state index contributed by atoms with van der Waals surface area (Å²) in [4.78, 5) is 26.7. The minimum atomic E-state index is -3.59. The zero-order valence-electron chi connectivity index (χ0n) is 16.3. The molecule has 1 fully saturated rings. The second-order valence-electron chi connectivity index (χ2n) is 7.81. The summed E-state index contributed by atoms with van der Waals surface area (Å²) >= 11 is 0.